The zero-order chi connectivity index (χ0) is 10.1. The highest BCUT2D eigenvalue weighted by Gasteiger charge is 1.99. The molecule has 0 aromatic heterocycles. The molecule has 2 atom stereocenters. The summed E-state index contributed by atoms with van der Waals surface area (Å²) in [5.41, 5.74) is 0. The fourth-order valence-corrected chi connectivity index (χ4v) is 1.09. The molecule has 0 aliphatic heterocycles. The molecule has 76 valence electrons. The summed E-state index contributed by atoms with van der Waals surface area (Å²) in [5, 5.41) is 18.6. The molecule has 0 aliphatic rings. The van der Waals surface area contributed by atoms with Gasteiger partial charge in [-0.3, -0.25) is 0 Å². The molecule has 0 bridgehead atoms. The third-order valence-electron chi connectivity index (χ3n) is 1.80. The molecule has 2 heteroatoms. The summed E-state index contributed by atoms with van der Waals surface area (Å²) in [6, 6.07) is 0. The third kappa shape index (κ3) is 7.75. The fraction of sp³-hybridized carbons (Fsp3) is 0.636. The maximum Gasteiger partial charge on any atom is 0.0755 e. The van der Waals surface area contributed by atoms with Crippen molar-refractivity contribution in [2.75, 3.05) is 0 Å². The van der Waals surface area contributed by atoms with Crippen LogP contribution in [-0.2, 0) is 0 Å². The molecule has 0 heterocycles. The molecule has 0 saturated carbocycles. The molecule has 0 unspecified atom stereocenters. The van der Waals surface area contributed by atoms with Gasteiger partial charge in [-0.15, -0.1) is 6.58 Å². The smallest absolute Gasteiger partial charge is 0.0755 e. The molecule has 0 amide bonds. The molecule has 0 aromatic rings. The molecular formula is C11H20O2. The first-order valence-corrected chi connectivity index (χ1v) is 4.84. The van der Waals surface area contributed by atoms with Crippen molar-refractivity contribution in [3.05, 3.63) is 24.8 Å². The summed E-state index contributed by atoms with van der Waals surface area (Å²) in [4.78, 5) is 0. The van der Waals surface area contributed by atoms with Gasteiger partial charge in [0.15, 0.2) is 0 Å². The fourth-order valence-electron chi connectivity index (χ4n) is 1.09. The second-order valence-corrected chi connectivity index (χ2v) is 3.20. The Bertz CT molecular complexity index is 152. The second kappa shape index (κ2) is 8.02. The number of hydrogen-bond donors (Lipinski definition) is 2. The standard InChI is InChI=1S/C11H20O2/c1-3-6-10(12)8-5-9-11(13)7-4-2/h3,5,8,10-13H,1,4,6-7,9H2,2H3/b8-5+/t10-,11+/m0/s1. The topological polar surface area (TPSA) is 40.5 Å². The Morgan fingerprint density at radius 3 is 2.54 bits per heavy atom. The van der Waals surface area contributed by atoms with E-state index in [1.165, 1.54) is 0 Å². The van der Waals surface area contributed by atoms with E-state index in [2.05, 4.69) is 6.58 Å². The van der Waals surface area contributed by atoms with Gasteiger partial charge < -0.3 is 10.2 Å². The van der Waals surface area contributed by atoms with E-state index in [0.717, 1.165) is 12.8 Å². The molecule has 0 aromatic carbocycles. The van der Waals surface area contributed by atoms with Gasteiger partial charge in [0.1, 0.15) is 0 Å². The molecular weight excluding hydrogens is 164 g/mol. The van der Waals surface area contributed by atoms with Crippen molar-refractivity contribution in [2.45, 2.75) is 44.8 Å². The first-order chi connectivity index (χ1) is 6.20. The van der Waals surface area contributed by atoms with Gasteiger partial charge in [-0.05, 0) is 19.3 Å². The highest BCUT2D eigenvalue weighted by Crippen LogP contribution is 2.03. The number of hydrogen-bond acceptors (Lipinski definition) is 2. The van der Waals surface area contributed by atoms with E-state index in [4.69, 9.17) is 0 Å². The monoisotopic (exact) mass is 184 g/mol. The molecule has 0 fully saturated rings. The minimum atomic E-state index is -0.452. The predicted molar refractivity (Wildman–Crippen MR) is 55.5 cm³/mol. The Kier molecular flexibility index (Phi) is 7.65. The minimum Gasteiger partial charge on any atom is -0.393 e. The molecule has 0 radical (unpaired) electrons. The van der Waals surface area contributed by atoms with Crippen molar-refractivity contribution in [3.8, 4) is 0 Å². The van der Waals surface area contributed by atoms with Crippen molar-refractivity contribution >= 4 is 0 Å². The normalized spacial score (nSPS) is 15.9. The van der Waals surface area contributed by atoms with Gasteiger partial charge in [0, 0.05) is 0 Å². The molecule has 2 N–H and O–H groups in total. The number of aliphatic hydroxyl groups excluding tert-OH is 2. The molecule has 0 spiro atoms. The summed E-state index contributed by atoms with van der Waals surface area (Å²) in [6.45, 7) is 5.57. The van der Waals surface area contributed by atoms with Crippen LogP contribution < -0.4 is 0 Å². The largest absolute Gasteiger partial charge is 0.393 e. The van der Waals surface area contributed by atoms with Gasteiger partial charge in [0.05, 0.1) is 12.2 Å². The summed E-state index contributed by atoms with van der Waals surface area (Å²) >= 11 is 0. The molecule has 0 rings (SSSR count). The minimum absolute atomic E-state index is 0.266. The zero-order valence-electron chi connectivity index (χ0n) is 8.32. The van der Waals surface area contributed by atoms with Gasteiger partial charge >= 0.3 is 0 Å². The highest BCUT2D eigenvalue weighted by molar-refractivity contribution is 4.92. The van der Waals surface area contributed by atoms with E-state index in [1.54, 1.807) is 12.2 Å². The predicted octanol–water partition coefficient (Wildman–Crippen LogP) is 2.03. The van der Waals surface area contributed by atoms with E-state index in [9.17, 15) is 10.2 Å². The molecule has 13 heavy (non-hydrogen) atoms. The van der Waals surface area contributed by atoms with Gasteiger partial charge in [-0.25, -0.2) is 0 Å². The van der Waals surface area contributed by atoms with Crippen LogP contribution in [0.25, 0.3) is 0 Å². The lowest BCUT2D eigenvalue weighted by molar-refractivity contribution is 0.166. The van der Waals surface area contributed by atoms with Crippen LogP contribution >= 0.6 is 0 Å². The lowest BCUT2D eigenvalue weighted by atomic mass is 10.1. The number of rotatable bonds is 7. The van der Waals surface area contributed by atoms with Gasteiger partial charge in [0.25, 0.3) is 0 Å². The quantitative estimate of drug-likeness (QED) is 0.594. The van der Waals surface area contributed by atoms with Gasteiger partial charge in [-0.2, -0.15) is 0 Å². The van der Waals surface area contributed by atoms with E-state index in [-0.39, 0.29) is 6.10 Å². The van der Waals surface area contributed by atoms with Gasteiger partial charge in [0.2, 0.25) is 0 Å². The second-order valence-electron chi connectivity index (χ2n) is 3.20. The molecule has 2 nitrogen and oxygen atoms in total. The first-order valence-electron chi connectivity index (χ1n) is 4.84. The lowest BCUT2D eigenvalue weighted by Crippen LogP contribution is -2.05. The third-order valence-corrected chi connectivity index (χ3v) is 1.80. The Hall–Kier alpha value is -0.600. The van der Waals surface area contributed by atoms with Crippen molar-refractivity contribution < 1.29 is 10.2 Å². The van der Waals surface area contributed by atoms with Crippen LogP contribution in [0.4, 0.5) is 0 Å². The van der Waals surface area contributed by atoms with Crippen LogP contribution in [0.3, 0.4) is 0 Å². The SMILES string of the molecule is C=CC[C@H](O)/C=C/C[C@H](O)CCC. The van der Waals surface area contributed by atoms with Crippen LogP contribution in [0.1, 0.15) is 32.6 Å². The molecule has 0 aliphatic carbocycles. The Morgan fingerprint density at radius 1 is 1.31 bits per heavy atom. The average molecular weight is 184 g/mol. The summed E-state index contributed by atoms with van der Waals surface area (Å²) in [7, 11) is 0. The Labute approximate surface area is 80.6 Å². The van der Waals surface area contributed by atoms with Gasteiger partial charge in [-0.1, -0.05) is 31.6 Å². The number of aliphatic hydroxyl groups is 2. The van der Waals surface area contributed by atoms with Crippen LogP contribution in [0.15, 0.2) is 24.8 Å². The van der Waals surface area contributed by atoms with Crippen LogP contribution in [0, 0.1) is 0 Å². The van der Waals surface area contributed by atoms with E-state index < -0.39 is 6.10 Å². The lowest BCUT2D eigenvalue weighted by Gasteiger charge is -2.05. The van der Waals surface area contributed by atoms with Crippen LogP contribution in [0.2, 0.25) is 0 Å². The van der Waals surface area contributed by atoms with Crippen molar-refractivity contribution in [3.63, 3.8) is 0 Å². The summed E-state index contributed by atoms with van der Waals surface area (Å²) < 4.78 is 0. The first kappa shape index (κ1) is 12.4. The summed E-state index contributed by atoms with van der Waals surface area (Å²) in [5.74, 6) is 0. The zero-order valence-corrected chi connectivity index (χ0v) is 8.32. The van der Waals surface area contributed by atoms with E-state index >= 15 is 0 Å². The highest BCUT2D eigenvalue weighted by atomic mass is 16.3. The van der Waals surface area contributed by atoms with Crippen molar-refractivity contribution in [1.82, 2.24) is 0 Å². The van der Waals surface area contributed by atoms with E-state index in [1.807, 2.05) is 13.0 Å². The maximum absolute atomic E-state index is 9.34. The van der Waals surface area contributed by atoms with Crippen molar-refractivity contribution in [2.24, 2.45) is 0 Å². The Morgan fingerprint density at radius 2 is 2.00 bits per heavy atom. The van der Waals surface area contributed by atoms with E-state index in [0.29, 0.717) is 12.8 Å². The average Bonchev–Trinajstić information content (AvgIpc) is 2.05. The van der Waals surface area contributed by atoms with Crippen molar-refractivity contribution in [1.29, 1.82) is 0 Å². The van der Waals surface area contributed by atoms with Crippen LogP contribution in [0.5, 0.6) is 0 Å². The Balaban J connectivity index is 3.54. The summed E-state index contributed by atoms with van der Waals surface area (Å²) in [6.07, 6.45) is 7.50. The molecule has 0 saturated heterocycles. The maximum atomic E-state index is 9.34. The van der Waals surface area contributed by atoms with Crippen LogP contribution in [-0.4, -0.2) is 22.4 Å².